The lowest BCUT2D eigenvalue weighted by Gasteiger charge is -2.30. The van der Waals surface area contributed by atoms with Gasteiger partial charge in [0.15, 0.2) is 0 Å². The number of aromatic hydroxyl groups is 1. The first-order valence-electron chi connectivity index (χ1n) is 11.0. The van der Waals surface area contributed by atoms with Gasteiger partial charge in [-0.3, -0.25) is 9.59 Å². The molecule has 1 atom stereocenters. The molecule has 1 heterocycles. The molecular weight excluding hydrogens is 464 g/mol. The summed E-state index contributed by atoms with van der Waals surface area (Å²) in [6, 6.07) is 16.4. The number of hydrogen-bond acceptors (Lipinski definition) is 7. The maximum absolute atomic E-state index is 13.6. The lowest BCUT2D eigenvalue weighted by atomic mass is 10.0. The van der Waals surface area contributed by atoms with Gasteiger partial charge >= 0.3 is 0 Å². The standard InChI is InChI=1S/C25H28N4O5Si/c1-33-19-10-6-17(7-11-19)23(24(31)27-18-8-12-20(13-9-18)35(2,3)4)29(15-5-14-26)25(32)21-16-22(30)28-34-21/h6-13,16,23H,5,15H2,1-4H3,(H,27,31)(H,28,30). The van der Waals surface area contributed by atoms with E-state index in [0.29, 0.717) is 17.0 Å². The van der Waals surface area contributed by atoms with Crippen molar-refractivity contribution in [1.82, 2.24) is 10.1 Å². The predicted molar refractivity (Wildman–Crippen MR) is 133 cm³/mol. The fourth-order valence-electron chi connectivity index (χ4n) is 3.55. The van der Waals surface area contributed by atoms with Gasteiger partial charge in [0.2, 0.25) is 5.76 Å². The van der Waals surface area contributed by atoms with Crippen molar-refractivity contribution >= 4 is 30.8 Å². The molecular formula is C25H28N4O5Si. The highest BCUT2D eigenvalue weighted by atomic mass is 28.3. The number of nitriles is 1. The Morgan fingerprint density at radius 2 is 1.83 bits per heavy atom. The van der Waals surface area contributed by atoms with Crippen molar-refractivity contribution in [3.05, 3.63) is 65.9 Å². The molecule has 3 aromatic rings. The Labute approximate surface area is 204 Å². The summed E-state index contributed by atoms with van der Waals surface area (Å²) in [5, 5.41) is 26.2. The first-order valence-corrected chi connectivity index (χ1v) is 14.5. The molecule has 0 aliphatic rings. The lowest BCUT2D eigenvalue weighted by Crippen LogP contribution is -2.42. The summed E-state index contributed by atoms with van der Waals surface area (Å²) in [7, 11) is 0.0224. The van der Waals surface area contributed by atoms with Crippen molar-refractivity contribution in [2.24, 2.45) is 0 Å². The molecule has 9 nitrogen and oxygen atoms in total. The number of ether oxygens (including phenoxy) is 1. The number of anilines is 1. The van der Waals surface area contributed by atoms with Crippen molar-refractivity contribution in [3.8, 4) is 17.7 Å². The van der Waals surface area contributed by atoms with Gasteiger partial charge in [-0.25, -0.2) is 0 Å². The summed E-state index contributed by atoms with van der Waals surface area (Å²) >= 11 is 0. The summed E-state index contributed by atoms with van der Waals surface area (Å²) in [5.74, 6) is -1.26. The van der Waals surface area contributed by atoms with Gasteiger partial charge in [-0.05, 0) is 35.0 Å². The maximum Gasteiger partial charge on any atom is 0.293 e. The van der Waals surface area contributed by atoms with Gasteiger partial charge in [-0.15, -0.1) is 0 Å². The van der Waals surface area contributed by atoms with Crippen molar-refractivity contribution in [2.45, 2.75) is 32.1 Å². The summed E-state index contributed by atoms with van der Waals surface area (Å²) in [6.45, 7) is 6.66. The zero-order valence-electron chi connectivity index (χ0n) is 20.1. The van der Waals surface area contributed by atoms with Crippen molar-refractivity contribution in [2.75, 3.05) is 19.0 Å². The fourth-order valence-corrected chi connectivity index (χ4v) is 4.72. The summed E-state index contributed by atoms with van der Waals surface area (Å²) in [6.07, 6.45) is -0.0172. The number of rotatable bonds is 9. The van der Waals surface area contributed by atoms with Gasteiger partial charge in [0.1, 0.15) is 11.8 Å². The Hall–Kier alpha value is -4.10. The van der Waals surface area contributed by atoms with Crippen LogP contribution in [0.4, 0.5) is 5.69 Å². The number of aromatic nitrogens is 1. The molecule has 3 rings (SSSR count). The Balaban J connectivity index is 1.99. The normalized spacial score (nSPS) is 11.9. The van der Waals surface area contributed by atoms with E-state index in [4.69, 9.17) is 9.26 Å². The molecule has 0 aliphatic heterocycles. The second kappa shape index (κ2) is 10.9. The molecule has 0 fully saturated rings. The van der Waals surface area contributed by atoms with Crippen LogP contribution < -0.4 is 15.2 Å². The quantitative estimate of drug-likeness (QED) is 0.436. The van der Waals surface area contributed by atoms with Crippen molar-refractivity contribution < 1.29 is 24.0 Å². The van der Waals surface area contributed by atoms with E-state index in [0.717, 1.165) is 6.07 Å². The molecule has 1 aromatic heterocycles. The number of methoxy groups -OCH3 is 1. The molecule has 35 heavy (non-hydrogen) atoms. The third-order valence-corrected chi connectivity index (χ3v) is 7.51. The van der Waals surface area contributed by atoms with Gasteiger partial charge in [0.05, 0.1) is 33.7 Å². The minimum absolute atomic E-state index is 0.0172. The summed E-state index contributed by atoms with van der Waals surface area (Å²) in [5.41, 5.74) is 1.09. The molecule has 2 N–H and O–H groups in total. The monoisotopic (exact) mass is 492 g/mol. The lowest BCUT2D eigenvalue weighted by molar-refractivity contribution is -0.120. The second-order valence-corrected chi connectivity index (χ2v) is 14.0. The van der Waals surface area contributed by atoms with E-state index in [2.05, 4.69) is 30.1 Å². The van der Waals surface area contributed by atoms with E-state index in [1.807, 2.05) is 30.3 Å². The minimum Gasteiger partial charge on any atom is -0.497 e. The number of amides is 2. The molecule has 0 aliphatic carbocycles. The van der Waals surface area contributed by atoms with Crippen LogP contribution in [0.25, 0.3) is 0 Å². The van der Waals surface area contributed by atoms with Crippen LogP contribution in [0, 0.1) is 11.3 Å². The Kier molecular flexibility index (Phi) is 7.93. The Morgan fingerprint density at radius 3 is 2.34 bits per heavy atom. The second-order valence-electron chi connectivity index (χ2n) is 8.95. The SMILES string of the molecule is COc1ccc(C(C(=O)Nc2ccc([Si](C)(C)C)cc2)N(CCC#N)C(=O)c2cc(O)no2)cc1. The van der Waals surface area contributed by atoms with Crippen LogP contribution >= 0.6 is 0 Å². The minimum atomic E-state index is -1.51. The van der Waals surface area contributed by atoms with E-state index >= 15 is 0 Å². The van der Waals surface area contributed by atoms with Crippen LogP contribution in [0.5, 0.6) is 11.6 Å². The molecule has 0 radical (unpaired) electrons. The number of carbonyl (C=O) groups excluding carboxylic acids is 2. The predicted octanol–water partition coefficient (Wildman–Crippen LogP) is 3.67. The maximum atomic E-state index is 13.6. The third kappa shape index (κ3) is 6.27. The highest BCUT2D eigenvalue weighted by molar-refractivity contribution is 6.88. The van der Waals surface area contributed by atoms with Crippen LogP contribution in [0.15, 0.2) is 59.1 Å². The molecule has 2 amide bonds. The first-order chi connectivity index (χ1) is 16.6. The summed E-state index contributed by atoms with van der Waals surface area (Å²) < 4.78 is 10.1. The van der Waals surface area contributed by atoms with E-state index in [9.17, 15) is 20.0 Å². The van der Waals surface area contributed by atoms with Crippen LogP contribution in [0.1, 0.15) is 28.6 Å². The number of benzene rings is 2. The van der Waals surface area contributed by atoms with Gasteiger partial charge in [0.25, 0.3) is 17.7 Å². The van der Waals surface area contributed by atoms with Gasteiger partial charge in [-0.1, -0.05) is 49.1 Å². The molecule has 182 valence electrons. The Bertz CT molecular complexity index is 1210. The molecule has 0 bridgehead atoms. The zero-order chi connectivity index (χ0) is 25.6. The van der Waals surface area contributed by atoms with E-state index in [1.165, 1.54) is 17.2 Å². The molecule has 0 spiro atoms. The van der Waals surface area contributed by atoms with Crippen molar-refractivity contribution in [1.29, 1.82) is 5.26 Å². The average Bonchev–Trinajstić information content (AvgIpc) is 3.27. The molecule has 0 saturated heterocycles. The number of nitrogens with zero attached hydrogens (tertiary/aromatic N) is 3. The number of hydrogen-bond donors (Lipinski definition) is 2. The third-order valence-electron chi connectivity index (χ3n) is 5.44. The van der Waals surface area contributed by atoms with Gasteiger partial charge in [-0.2, -0.15) is 5.26 Å². The van der Waals surface area contributed by atoms with E-state index in [-0.39, 0.29) is 18.7 Å². The van der Waals surface area contributed by atoms with Crippen molar-refractivity contribution in [3.63, 3.8) is 0 Å². The molecule has 10 heteroatoms. The Morgan fingerprint density at radius 1 is 1.17 bits per heavy atom. The smallest absolute Gasteiger partial charge is 0.293 e. The zero-order valence-corrected chi connectivity index (χ0v) is 21.1. The number of nitrogens with one attached hydrogen (secondary N) is 1. The fraction of sp³-hybridized carbons (Fsp3) is 0.280. The molecule has 1 unspecified atom stereocenters. The van der Waals surface area contributed by atoms with Crippen LogP contribution in [-0.2, 0) is 4.79 Å². The largest absolute Gasteiger partial charge is 0.497 e. The van der Waals surface area contributed by atoms with Crippen LogP contribution in [-0.4, -0.2) is 48.7 Å². The highest BCUT2D eigenvalue weighted by Gasteiger charge is 2.34. The van der Waals surface area contributed by atoms with Crippen LogP contribution in [0.2, 0.25) is 19.6 Å². The molecule has 0 saturated carbocycles. The highest BCUT2D eigenvalue weighted by Crippen LogP contribution is 2.28. The topological polar surface area (TPSA) is 129 Å². The first kappa shape index (κ1) is 25.5. The molecule has 2 aromatic carbocycles. The number of carbonyl (C=O) groups is 2. The van der Waals surface area contributed by atoms with Crippen LogP contribution in [0.3, 0.4) is 0 Å². The van der Waals surface area contributed by atoms with E-state index in [1.54, 1.807) is 24.3 Å². The van der Waals surface area contributed by atoms with E-state index < -0.39 is 31.8 Å². The average molecular weight is 493 g/mol. The van der Waals surface area contributed by atoms with Gasteiger partial charge < -0.3 is 24.6 Å². The summed E-state index contributed by atoms with van der Waals surface area (Å²) in [4.78, 5) is 28.1. The van der Waals surface area contributed by atoms with Gasteiger partial charge in [0, 0.05) is 12.2 Å².